The molecule has 1 aliphatic heterocycles. The SMILES string of the molecule is CCCCOC(=O)c1ccc(Nc2c(C(=O)N3CCOCC3)cnc3nc(C)ccc23)cc1. The maximum atomic E-state index is 13.3. The Morgan fingerprint density at radius 1 is 1.12 bits per heavy atom. The molecule has 1 saturated heterocycles. The van der Waals surface area contributed by atoms with Crippen LogP contribution in [0.5, 0.6) is 0 Å². The third kappa shape index (κ3) is 5.28. The summed E-state index contributed by atoms with van der Waals surface area (Å²) in [6.07, 6.45) is 3.39. The van der Waals surface area contributed by atoms with E-state index < -0.39 is 0 Å². The standard InChI is InChI=1S/C25H28N4O4/c1-3-4-13-33-25(31)18-6-8-19(9-7-18)28-22-20-10-5-17(2)27-23(20)26-16-21(22)24(30)29-11-14-32-15-12-29/h5-10,16H,3-4,11-15H2,1-2H3,(H,26,27,28). The Balaban J connectivity index is 1.64. The molecule has 0 bridgehead atoms. The molecule has 4 rings (SSSR count). The van der Waals surface area contributed by atoms with Crippen LogP contribution in [0, 0.1) is 6.92 Å². The van der Waals surface area contributed by atoms with Gasteiger partial charge in [0.1, 0.15) is 0 Å². The number of pyridine rings is 2. The lowest BCUT2D eigenvalue weighted by Crippen LogP contribution is -2.41. The fourth-order valence-corrected chi connectivity index (χ4v) is 3.63. The molecule has 1 N–H and O–H groups in total. The number of aryl methyl sites for hydroxylation is 1. The van der Waals surface area contributed by atoms with E-state index in [4.69, 9.17) is 9.47 Å². The van der Waals surface area contributed by atoms with Crippen LogP contribution in [-0.2, 0) is 9.47 Å². The number of anilines is 2. The number of rotatable bonds is 7. The third-order valence-corrected chi connectivity index (χ3v) is 5.52. The third-order valence-electron chi connectivity index (χ3n) is 5.52. The van der Waals surface area contributed by atoms with Gasteiger partial charge in [-0.05, 0) is 49.7 Å². The number of carbonyl (C=O) groups excluding carboxylic acids is 2. The number of morpholine rings is 1. The van der Waals surface area contributed by atoms with E-state index in [1.54, 1.807) is 35.4 Å². The smallest absolute Gasteiger partial charge is 0.338 e. The van der Waals surface area contributed by atoms with Crippen molar-refractivity contribution in [3.8, 4) is 0 Å². The second kappa shape index (κ2) is 10.4. The van der Waals surface area contributed by atoms with Crippen LogP contribution in [0.15, 0.2) is 42.6 Å². The number of benzene rings is 1. The Morgan fingerprint density at radius 3 is 2.61 bits per heavy atom. The molecular weight excluding hydrogens is 420 g/mol. The zero-order chi connectivity index (χ0) is 23.2. The maximum absolute atomic E-state index is 13.3. The van der Waals surface area contributed by atoms with Crippen LogP contribution >= 0.6 is 0 Å². The lowest BCUT2D eigenvalue weighted by Gasteiger charge is -2.27. The minimum Gasteiger partial charge on any atom is -0.462 e. The highest BCUT2D eigenvalue weighted by Gasteiger charge is 2.23. The fourth-order valence-electron chi connectivity index (χ4n) is 3.63. The molecular formula is C25H28N4O4. The number of esters is 1. The van der Waals surface area contributed by atoms with Gasteiger partial charge in [-0.1, -0.05) is 13.3 Å². The molecule has 33 heavy (non-hydrogen) atoms. The highest BCUT2D eigenvalue weighted by Crippen LogP contribution is 2.30. The zero-order valence-corrected chi connectivity index (χ0v) is 19.0. The van der Waals surface area contributed by atoms with E-state index in [0.717, 1.165) is 29.6 Å². The second-order valence-electron chi connectivity index (χ2n) is 7.97. The molecule has 3 aromatic rings. The number of amides is 1. The van der Waals surface area contributed by atoms with Gasteiger partial charge in [-0.2, -0.15) is 0 Å². The fraction of sp³-hybridized carbons (Fsp3) is 0.360. The summed E-state index contributed by atoms with van der Waals surface area (Å²) >= 11 is 0. The van der Waals surface area contributed by atoms with Gasteiger partial charge >= 0.3 is 5.97 Å². The summed E-state index contributed by atoms with van der Waals surface area (Å²) in [6.45, 7) is 6.48. The first-order valence-corrected chi connectivity index (χ1v) is 11.2. The minimum atomic E-state index is -0.341. The summed E-state index contributed by atoms with van der Waals surface area (Å²) in [5.74, 6) is -0.445. The number of hydrogen-bond acceptors (Lipinski definition) is 7. The molecule has 3 heterocycles. The van der Waals surface area contributed by atoms with Gasteiger partial charge in [0.2, 0.25) is 0 Å². The van der Waals surface area contributed by atoms with E-state index in [1.165, 1.54) is 0 Å². The molecule has 0 unspecified atom stereocenters. The first kappa shape index (κ1) is 22.7. The largest absolute Gasteiger partial charge is 0.462 e. The van der Waals surface area contributed by atoms with Crippen molar-refractivity contribution in [2.24, 2.45) is 0 Å². The first-order chi connectivity index (χ1) is 16.1. The molecule has 8 nitrogen and oxygen atoms in total. The van der Waals surface area contributed by atoms with Crippen LogP contribution in [0.1, 0.15) is 46.2 Å². The van der Waals surface area contributed by atoms with Crippen LogP contribution < -0.4 is 5.32 Å². The molecule has 8 heteroatoms. The Morgan fingerprint density at radius 2 is 1.88 bits per heavy atom. The maximum Gasteiger partial charge on any atom is 0.338 e. The van der Waals surface area contributed by atoms with Gasteiger partial charge < -0.3 is 19.7 Å². The average Bonchev–Trinajstić information content (AvgIpc) is 2.84. The summed E-state index contributed by atoms with van der Waals surface area (Å²) in [6, 6.07) is 10.8. The van der Waals surface area contributed by atoms with Gasteiger partial charge in [-0.15, -0.1) is 0 Å². The van der Waals surface area contributed by atoms with Crippen molar-refractivity contribution in [3.63, 3.8) is 0 Å². The highest BCUT2D eigenvalue weighted by atomic mass is 16.5. The average molecular weight is 449 g/mol. The molecule has 172 valence electrons. The lowest BCUT2D eigenvalue weighted by molar-refractivity contribution is 0.0303. The molecule has 2 aromatic heterocycles. The van der Waals surface area contributed by atoms with E-state index in [1.807, 2.05) is 26.0 Å². The number of ether oxygens (including phenoxy) is 2. The molecule has 1 amide bonds. The second-order valence-corrected chi connectivity index (χ2v) is 7.97. The molecule has 1 fully saturated rings. The number of aromatic nitrogens is 2. The van der Waals surface area contributed by atoms with E-state index in [-0.39, 0.29) is 11.9 Å². The molecule has 0 spiro atoms. The van der Waals surface area contributed by atoms with Crippen molar-refractivity contribution in [2.45, 2.75) is 26.7 Å². The Hall–Kier alpha value is -3.52. The summed E-state index contributed by atoms with van der Waals surface area (Å²) in [5, 5.41) is 4.12. The van der Waals surface area contributed by atoms with E-state index in [2.05, 4.69) is 15.3 Å². The van der Waals surface area contributed by atoms with Gasteiger partial charge in [0.25, 0.3) is 5.91 Å². The predicted molar refractivity (Wildman–Crippen MR) is 126 cm³/mol. The normalized spacial score (nSPS) is 13.7. The van der Waals surface area contributed by atoms with Crippen LogP contribution in [-0.4, -0.2) is 59.7 Å². The van der Waals surface area contributed by atoms with Crippen molar-refractivity contribution in [1.82, 2.24) is 14.9 Å². The first-order valence-electron chi connectivity index (χ1n) is 11.2. The van der Waals surface area contributed by atoms with Crippen molar-refractivity contribution < 1.29 is 19.1 Å². The van der Waals surface area contributed by atoms with Gasteiger partial charge in [-0.25, -0.2) is 14.8 Å². The van der Waals surface area contributed by atoms with Crippen LogP contribution in [0.25, 0.3) is 11.0 Å². The van der Waals surface area contributed by atoms with Gasteiger partial charge in [0.05, 0.1) is 36.6 Å². The van der Waals surface area contributed by atoms with Crippen LogP contribution in [0.3, 0.4) is 0 Å². The van der Waals surface area contributed by atoms with Crippen molar-refractivity contribution >= 4 is 34.3 Å². The molecule has 0 atom stereocenters. The van der Waals surface area contributed by atoms with Crippen LogP contribution in [0.4, 0.5) is 11.4 Å². The van der Waals surface area contributed by atoms with E-state index in [0.29, 0.717) is 55.4 Å². The van der Waals surface area contributed by atoms with Crippen LogP contribution in [0.2, 0.25) is 0 Å². The van der Waals surface area contributed by atoms with Gasteiger partial charge in [-0.3, -0.25) is 4.79 Å². The predicted octanol–water partition coefficient (Wildman–Crippen LogP) is 4.11. The molecule has 1 aromatic carbocycles. The van der Waals surface area contributed by atoms with Crippen molar-refractivity contribution in [1.29, 1.82) is 0 Å². The quantitative estimate of drug-likeness (QED) is 0.429. The molecule has 1 aliphatic rings. The molecule has 0 radical (unpaired) electrons. The minimum absolute atomic E-state index is 0.105. The molecule has 0 saturated carbocycles. The number of nitrogens with one attached hydrogen (secondary N) is 1. The van der Waals surface area contributed by atoms with Crippen molar-refractivity contribution in [2.75, 3.05) is 38.2 Å². The van der Waals surface area contributed by atoms with Crippen molar-refractivity contribution in [3.05, 3.63) is 59.4 Å². The topological polar surface area (TPSA) is 93.7 Å². The lowest BCUT2D eigenvalue weighted by atomic mass is 10.1. The Labute approximate surface area is 192 Å². The summed E-state index contributed by atoms with van der Waals surface area (Å²) < 4.78 is 10.7. The van der Waals surface area contributed by atoms with E-state index in [9.17, 15) is 9.59 Å². The summed E-state index contributed by atoms with van der Waals surface area (Å²) in [7, 11) is 0. The summed E-state index contributed by atoms with van der Waals surface area (Å²) in [4.78, 5) is 36.2. The van der Waals surface area contributed by atoms with E-state index >= 15 is 0 Å². The Bertz CT molecular complexity index is 1140. The number of carbonyl (C=O) groups is 2. The van der Waals surface area contributed by atoms with Gasteiger partial charge in [0, 0.05) is 36.1 Å². The zero-order valence-electron chi connectivity index (χ0n) is 19.0. The molecule has 0 aliphatic carbocycles. The number of fused-ring (bicyclic) bond motifs is 1. The number of nitrogens with zero attached hydrogens (tertiary/aromatic N) is 3. The monoisotopic (exact) mass is 448 g/mol. The van der Waals surface area contributed by atoms with Gasteiger partial charge in [0.15, 0.2) is 5.65 Å². The highest BCUT2D eigenvalue weighted by molar-refractivity contribution is 6.07. The Kier molecular flexibility index (Phi) is 7.14. The number of hydrogen-bond donors (Lipinski definition) is 1. The number of unbranched alkanes of at least 4 members (excludes halogenated alkanes) is 1. The summed E-state index contributed by atoms with van der Waals surface area (Å²) in [5.41, 5.74) is 3.74.